The Morgan fingerprint density at radius 1 is 1.14 bits per heavy atom. The van der Waals surface area contributed by atoms with E-state index in [9.17, 15) is 13.6 Å². The van der Waals surface area contributed by atoms with Gasteiger partial charge in [0.25, 0.3) is 5.91 Å². The molecule has 116 valence electrons. The Labute approximate surface area is 126 Å². The van der Waals surface area contributed by atoms with Gasteiger partial charge in [0.05, 0.1) is 12.7 Å². The minimum atomic E-state index is -3.05. The highest BCUT2D eigenvalue weighted by molar-refractivity contribution is 6.06. The zero-order chi connectivity index (χ0) is 16.1. The second-order valence-electron chi connectivity index (χ2n) is 4.54. The summed E-state index contributed by atoms with van der Waals surface area (Å²) < 4.78 is 34.5. The average molecular weight is 307 g/mol. The second-order valence-corrected chi connectivity index (χ2v) is 4.54. The van der Waals surface area contributed by atoms with Crippen LogP contribution in [0.4, 0.5) is 14.5 Å². The van der Waals surface area contributed by atoms with E-state index in [4.69, 9.17) is 4.74 Å². The quantitative estimate of drug-likeness (QED) is 0.912. The maximum Gasteiger partial charge on any atom is 0.387 e. The number of para-hydroxylation sites is 1. The van der Waals surface area contributed by atoms with Gasteiger partial charge in [0.15, 0.2) is 11.5 Å². The van der Waals surface area contributed by atoms with E-state index in [2.05, 4.69) is 10.1 Å². The van der Waals surface area contributed by atoms with Crippen LogP contribution in [0.3, 0.4) is 0 Å². The molecular formula is C16H15F2NO3. The zero-order valence-electron chi connectivity index (χ0n) is 12.1. The molecule has 0 saturated heterocycles. The van der Waals surface area contributed by atoms with Crippen molar-refractivity contribution in [2.24, 2.45) is 0 Å². The topological polar surface area (TPSA) is 47.6 Å². The van der Waals surface area contributed by atoms with Crippen LogP contribution in [0.15, 0.2) is 42.5 Å². The van der Waals surface area contributed by atoms with Crippen molar-refractivity contribution in [3.05, 3.63) is 53.6 Å². The summed E-state index contributed by atoms with van der Waals surface area (Å²) in [5.74, 6) is -0.778. The zero-order valence-corrected chi connectivity index (χ0v) is 12.1. The number of ether oxygens (including phenoxy) is 2. The monoisotopic (exact) mass is 307 g/mol. The third-order valence-electron chi connectivity index (χ3n) is 2.96. The van der Waals surface area contributed by atoms with Crippen molar-refractivity contribution >= 4 is 11.6 Å². The van der Waals surface area contributed by atoms with Crippen LogP contribution in [-0.4, -0.2) is 19.6 Å². The fraction of sp³-hybridized carbons (Fsp3) is 0.188. The van der Waals surface area contributed by atoms with E-state index in [1.807, 2.05) is 19.1 Å². The van der Waals surface area contributed by atoms with Crippen LogP contribution in [0.1, 0.15) is 15.9 Å². The van der Waals surface area contributed by atoms with Gasteiger partial charge in [-0.1, -0.05) is 23.8 Å². The van der Waals surface area contributed by atoms with Crippen molar-refractivity contribution in [2.75, 3.05) is 12.4 Å². The second kappa shape index (κ2) is 6.89. The summed E-state index contributed by atoms with van der Waals surface area (Å²) >= 11 is 0. The average Bonchev–Trinajstić information content (AvgIpc) is 2.49. The van der Waals surface area contributed by atoms with Crippen molar-refractivity contribution in [1.29, 1.82) is 0 Å². The van der Waals surface area contributed by atoms with Gasteiger partial charge in [-0.3, -0.25) is 4.79 Å². The molecule has 1 amide bonds. The number of hydrogen-bond acceptors (Lipinski definition) is 3. The maximum atomic E-state index is 12.5. The molecule has 2 rings (SSSR count). The summed E-state index contributed by atoms with van der Waals surface area (Å²) in [6, 6.07) is 11.5. The molecule has 2 aromatic carbocycles. The SMILES string of the molecule is COc1cccc(C(=O)Nc2ccc(C)cc2)c1OC(F)F. The molecule has 0 spiro atoms. The van der Waals surface area contributed by atoms with Gasteiger partial charge in [-0.05, 0) is 31.2 Å². The van der Waals surface area contributed by atoms with Crippen LogP contribution in [0.5, 0.6) is 11.5 Å². The Morgan fingerprint density at radius 3 is 2.41 bits per heavy atom. The molecule has 1 N–H and O–H groups in total. The first-order valence-corrected chi connectivity index (χ1v) is 6.51. The number of rotatable bonds is 5. The van der Waals surface area contributed by atoms with Crippen LogP contribution in [0.2, 0.25) is 0 Å². The predicted molar refractivity (Wildman–Crippen MR) is 78.8 cm³/mol. The van der Waals surface area contributed by atoms with E-state index >= 15 is 0 Å². The number of halogens is 2. The highest BCUT2D eigenvalue weighted by Crippen LogP contribution is 2.32. The van der Waals surface area contributed by atoms with Gasteiger partial charge in [0.2, 0.25) is 0 Å². The van der Waals surface area contributed by atoms with Crippen LogP contribution in [-0.2, 0) is 0 Å². The molecule has 6 heteroatoms. The van der Waals surface area contributed by atoms with Crippen molar-refractivity contribution in [3.63, 3.8) is 0 Å². The molecule has 0 saturated carbocycles. The summed E-state index contributed by atoms with van der Waals surface area (Å²) in [5, 5.41) is 2.63. The van der Waals surface area contributed by atoms with Gasteiger partial charge < -0.3 is 14.8 Å². The standard InChI is InChI=1S/C16H15F2NO3/c1-10-6-8-11(9-7-10)19-15(20)12-4-3-5-13(21-2)14(12)22-16(17)18/h3-9,16H,1-2H3,(H,19,20). The Bertz CT molecular complexity index is 657. The molecule has 22 heavy (non-hydrogen) atoms. The third kappa shape index (κ3) is 3.72. The lowest BCUT2D eigenvalue weighted by molar-refractivity contribution is -0.0515. The lowest BCUT2D eigenvalue weighted by Gasteiger charge is -2.14. The van der Waals surface area contributed by atoms with Gasteiger partial charge in [-0.25, -0.2) is 0 Å². The number of amides is 1. The number of carbonyl (C=O) groups is 1. The fourth-order valence-electron chi connectivity index (χ4n) is 1.90. The Balaban J connectivity index is 2.30. The first-order chi connectivity index (χ1) is 10.5. The van der Waals surface area contributed by atoms with E-state index in [1.165, 1.54) is 25.3 Å². The minimum absolute atomic E-state index is 0.0276. The summed E-state index contributed by atoms with van der Waals surface area (Å²) in [6.07, 6.45) is 0. The molecule has 0 heterocycles. The van der Waals surface area contributed by atoms with Crippen LogP contribution < -0.4 is 14.8 Å². The maximum absolute atomic E-state index is 12.5. The first kappa shape index (κ1) is 15.8. The predicted octanol–water partition coefficient (Wildman–Crippen LogP) is 3.86. The molecule has 4 nitrogen and oxygen atoms in total. The molecule has 0 aliphatic heterocycles. The number of nitrogens with one attached hydrogen (secondary N) is 1. The normalized spacial score (nSPS) is 10.4. The summed E-state index contributed by atoms with van der Waals surface area (Å²) in [5.41, 5.74) is 1.57. The van der Waals surface area contributed by atoms with Crippen molar-refractivity contribution < 1.29 is 23.0 Å². The van der Waals surface area contributed by atoms with E-state index in [0.717, 1.165) is 5.56 Å². The van der Waals surface area contributed by atoms with E-state index in [1.54, 1.807) is 12.1 Å². The molecule has 0 bridgehead atoms. The first-order valence-electron chi connectivity index (χ1n) is 6.51. The van der Waals surface area contributed by atoms with Gasteiger partial charge in [-0.2, -0.15) is 8.78 Å². The summed E-state index contributed by atoms with van der Waals surface area (Å²) in [4.78, 5) is 12.3. The molecule has 2 aromatic rings. The number of carbonyl (C=O) groups excluding carboxylic acids is 1. The van der Waals surface area contributed by atoms with E-state index in [0.29, 0.717) is 5.69 Å². The molecule has 0 unspecified atom stereocenters. The van der Waals surface area contributed by atoms with Crippen molar-refractivity contribution in [2.45, 2.75) is 13.5 Å². The highest BCUT2D eigenvalue weighted by Gasteiger charge is 2.20. The van der Waals surface area contributed by atoms with Gasteiger partial charge in [0.1, 0.15) is 0 Å². The van der Waals surface area contributed by atoms with E-state index in [-0.39, 0.29) is 17.1 Å². The summed E-state index contributed by atoms with van der Waals surface area (Å²) in [6.45, 7) is -1.13. The Hall–Kier alpha value is -2.63. The lowest BCUT2D eigenvalue weighted by Crippen LogP contribution is -2.15. The lowest BCUT2D eigenvalue weighted by atomic mass is 10.1. The molecular weight excluding hydrogens is 292 g/mol. The smallest absolute Gasteiger partial charge is 0.387 e. The molecule has 0 radical (unpaired) electrons. The molecule has 0 aliphatic carbocycles. The number of methoxy groups -OCH3 is 1. The Morgan fingerprint density at radius 2 is 1.82 bits per heavy atom. The number of hydrogen-bond donors (Lipinski definition) is 1. The highest BCUT2D eigenvalue weighted by atomic mass is 19.3. The van der Waals surface area contributed by atoms with Gasteiger partial charge >= 0.3 is 6.61 Å². The van der Waals surface area contributed by atoms with Crippen molar-refractivity contribution in [3.8, 4) is 11.5 Å². The molecule has 0 aliphatic rings. The van der Waals surface area contributed by atoms with Gasteiger partial charge in [-0.15, -0.1) is 0 Å². The molecule has 0 atom stereocenters. The van der Waals surface area contributed by atoms with Gasteiger partial charge in [0, 0.05) is 5.69 Å². The van der Waals surface area contributed by atoms with E-state index < -0.39 is 12.5 Å². The van der Waals surface area contributed by atoms with Crippen LogP contribution in [0, 0.1) is 6.92 Å². The molecule has 0 aromatic heterocycles. The number of alkyl halides is 2. The summed E-state index contributed by atoms with van der Waals surface area (Å²) in [7, 11) is 1.31. The van der Waals surface area contributed by atoms with Crippen LogP contribution in [0.25, 0.3) is 0 Å². The number of aryl methyl sites for hydroxylation is 1. The van der Waals surface area contributed by atoms with Crippen molar-refractivity contribution in [1.82, 2.24) is 0 Å². The third-order valence-corrected chi connectivity index (χ3v) is 2.96. The molecule has 0 fully saturated rings. The number of benzene rings is 2. The van der Waals surface area contributed by atoms with Crippen LogP contribution >= 0.6 is 0 Å². The Kier molecular flexibility index (Phi) is 4.93. The fourth-order valence-corrected chi connectivity index (χ4v) is 1.90. The minimum Gasteiger partial charge on any atom is -0.493 e. The number of anilines is 1. The largest absolute Gasteiger partial charge is 0.493 e.